The van der Waals surface area contributed by atoms with Gasteiger partial charge < -0.3 is 5.32 Å². The van der Waals surface area contributed by atoms with Gasteiger partial charge in [0, 0.05) is 22.6 Å². The second kappa shape index (κ2) is 4.41. The number of nitrogens with zero attached hydrogens (tertiary/aromatic N) is 1. The third-order valence-corrected chi connectivity index (χ3v) is 3.59. The van der Waals surface area contributed by atoms with Gasteiger partial charge in [0.1, 0.15) is 0 Å². The van der Waals surface area contributed by atoms with Crippen molar-refractivity contribution in [1.82, 2.24) is 0 Å². The minimum atomic E-state index is -0.374. The van der Waals surface area contributed by atoms with E-state index in [0.29, 0.717) is 6.04 Å². The van der Waals surface area contributed by atoms with Crippen molar-refractivity contribution < 1.29 is 4.92 Å². The van der Waals surface area contributed by atoms with E-state index in [0.717, 1.165) is 28.9 Å². The highest BCUT2D eigenvalue weighted by Gasteiger charge is 2.25. The normalized spacial score (nSPS) is 23.6. The molecule has 1 saturated carbocycles. The maximum atomic E-state index is 10.6. The van der Waals surface area contributed by atoms with Crippen LogP contribution in [0.4, 0.5) is 11.4 Å². The van der Waals surface area contributed by atoms with Crippen molar-refractivity contribution in [3.63, 3.8) is 0 Å². The van der Waals surface area contributed by atoms with Gasteiger partial charge >= 0.3 is 0 Å². The zero-order valence-corrected chi connectivity index (χ0v) is 10.5. The molecule has 0 amide bonds. The fourth-order valence-electron chi connectivity index (χ4n) is 1.98. The monoisotopic (exact) mass is 284 g/mol. The summed E-state index contributed by atoms with van der Waals surface area (Å²) < 4.78 is 0.873. The van der Waals surface area contributed by atoms with Gasteiger partial charge in [-0.15, -0.1) is 0 Å². The molecular formula is C11H13BrN2O2. The van der Waals surface area contributed by atoms with E-state index in [-0.39, 0.29) is 10.6 Å². The van der Waals surface area contributed by atoms with Crippen molar-refractivity contribution in [2.75, 3.05) is 5.32 Å². The molecule has 16 heavy (non-hydrogen) atoms. The zero-order valence-electron chi connectivity index (χ0n) is 8.94. The largest absolute Gasteiger partial charge is 0.381 e. The third-order valence-electron chi connectivity index (χ3n) is 2.89. The summed E-state index contributed by atoms with van der Waals surface area (Å²) >= 11 is 3.39. The molecule has 4 nitrogen and oxygen atoms in total. The molecular weight excluding hydrogens is 272 g/mol. The fourth-order valence-corrected chi connectivity index (χ4v) is 2.34. The number of hydrogen-bond acceptors (Lipinski definition) is 3. The van der Waals surface area contributed by atoms with E-state index in [1.54, 1.807) is 12.1 Å². The van der Waals surface area contributed by atoms with Crippen LogP contribution in [0.25, 0.3) is 0 Å². The molecule has 5 heteroatoms. The highest BCUT2D eigenvalue weighted by Crippen LogP contribution is 2.33. The Balaban J connectivity index is 2.12. The van der Waals surface area contributed by atoms with Gasteiger partial charge in [-0.05, 0) is 40.8 Å². The van der Waals surface area contributed by atoms with Crippen molar-refractivity contribution in [2.45, 2.75) is 25.8 Å². The lowest BCUT2D eigenvalue weighted by Gasteiger charge is -2.34. The molecule has 1 aromatic carbocycles. The summed E-state index contributed by atoms with van der Waals surface area (Å²) in [6.45, 7) is 2.21. The Labute approximate surface area is 102 Å². The maximum Gasteiger partial charge on any atom is 0.271 e. The highest BCUT2D eigenvalue weighted by atomic mass is 79.9. The van der Waals surface area contributed by atoms with Crippen molar-refractivity contribution in [3.05, 3.63) is 32.8 Å². The fraction of sp³-hybridized carbons (Fsp3) is 0.455. The van der Waals surface area contributed by atoms with Gasteiger partial charge in [-0.25, -0.2) is 0 Å². The predicted molar refractivity (Wildman–Crippen MR) is 66.6 cm³/mol. The van der Waals surface area contributed by atoms with Crippen LogP contribution in [0.15, 0.2) is 22.7 Å². The number of anilines is 1. The van der Waals surface area contributed by atoms with E-state index in [2.05, 4.69) is 28.2 Å². The number of rotatable bonds is 3. The summed E-state index contributed by atoms with van der Waals surface area (Å²) in [7, 11) is 0. The lowest BCUT2D eigenvalue weighted by Crippen LogP contribution is -2.33. The Kier molecular flexibility index (Phi) is 3.14. The molecule has 0 saturated heterocycles. The number of nitrogens with one attached hydrogen (secondary N) is 1. The van der Waals surface area contributed by atoms with Crippen LogP contribution in [0.3, 0.4) is 0 Å². The van der Waals surface area contributed by atoms with Crippen molar-refractivity contribution in [2.24, 2.45) is 5.92 Å². The Morgan fingerprint density at radius 3 is 2.75 bits per heavy atom. The summed E-state index contributed by atoms with van der Waals surface area (Å²) in [6, 6.07) is 5.24. The minimum absolute atomic E-state index is 0.123. The van der Waals surface area contributed by atoms with E-state index in [1.807, 2.05) is 0 Å². The first-order valence-corrected chi connectivity index (χ1v) is 6.06. The van der Waals surface area contributed by atoms with Crippen molar-refractivity contribution in [3.8, 4) is 0 Å². The molecule has 0 bridgehead atoms. The second-order valence-corrected chi connectivity index (χ2v) is 5.19. The Hall–Kier alpha value is -1.10. The number of nitro benzene ring substituents is 1. The number of hydrogen-bond donors (Lipinski definition) is 1. The lowest BCUT2D eigenvalue weighted by atomic mass is 9.82. The minimum Gasteiger partial charge on any atom is -0.381 e. The highest BCUT2D eigenvalue weighted by molar-refractivity contribution is 9.10. The van der Waals surface area contributed by atoms with Crippen molar-refractivity contribution >= 4 is 27.3 Å². The van der Waals surface area contributed by atoms with Crippen LogP contribution >= 0.6 is 15.9 Å². The number of halogens is 1. The van der Waals surface area contributed by atoms with Crippen LogP contribution in [-0.2, 0) is 0 Å². The molecule has 0 aliphatic heterocycles. The Morgan fingerprint density at radius 2 is 2.19 bits per heavy atom. The average molecular weight is 285 g/mol. The molecule has 1 fully saturated rings. The maximum absolute atomic E-state index is 10.6. The van der Waals surface area contributed by atoms with E-state index in [1.165, 1.54) is 6.07 Å². The van der Waals surface area contributed by atoms with Gasteiger partial charge in [0.2, 0.25) is 0 Å². The number of nitro groups is 1. The van der Waals surface area contributed by atoms with Crippen LogP contribution in [0.2, 0.25) is 0 Å². The average Bonchev–Trinajstić information content (AvgIpc) is 2.18. The molecule has 1 aromatic rings. The SMILES string of the molecule is CC1CC(Nc2cc([N+](=O)[O-])ccc2Br)C1. The first kappa shape index (κ1) is 11.4. The molecule has 1 N–H and O–H groups in total. The van der Waals surface area contributed by atoms with E-state index >= 15 is 0 Å². The first-order valence-electron chi connectivity index (χ1n) is 5.26. The van der Waals surface area contributed by atoms with Crippen LogP contribution in [0.1, 0.15) is 19.8 Å². The first-order chi connectivity index (χ1) is 7.56. The molecule has 0 atom stereocenters. The summed E-state index contributed by atoms with van der Waals surface area (Å²) in [6.07, 6.45) is 2.27. The molecule has 86 valence electrons. The molecule has 2 rings (SSSR count). The molecule has 0 heterocycles. The van der Waals surface area contributed by atoms with Gasteiger partial charge in [-0.1, -0.05) is 6.92 Å². The number of non-ortho nitro benzene ring substituents is 1. The van der Waals surface area contributed by atoms with E-state index in [4.69, 9.17) is 0 Å². The molecule has 0 unspecified atom stereocenters. The van der Waals surface area contributed by atoms with Crippen LogP contribution in [0, 0.1) is 16.0 Å². The Bertz CT molecular complexity index is 416. The van der Waals surface area contributed by atoms with E-state index < -0.39 is 0 Å². The molecule has 1 aliphatic rings. The van der Waals surface area contributed by atoms with Gasteiger partial charge in [0.05, 0.1) is 10.6 Å². The van der Waals surface area contributed by atoms with Gasteiger partial charge in [-0.2, -0.15) is 0 Å². The van der Waals surface area contributed by atoms with Crippen LogP contribution in [-0.4, -0.2) is 11.0 Å². The lowest BCUT2D eigenvalue weighted by molar-refractivity contribution is -0.384. The molecule has 0 aromatic heterocycles. The van der Waals surface area contributed by atoms with Crippen LogP contribution in [0.5, 0.6) is 0 Å². The summed E-state index contributed by atoms with van der Waals surface area (Å²) in [5, 5.41) is 14.0. The topological polar surface area (TPSA) is 55.2 Å². The molecule has 0 spiro atoms. The van der Waals surface area contributed by atoms with Crippen LogP contribution < -0.4 is 5.32 Å². The van der Waals surface area contributed by atoms with Gasteiger partial charge in [0.15, 0.2) is 0 Å². The quantitative estimate of drug-likeness (QED) is 0.682. The number of benzene rings is 1. The summed E-state index contributed by atoms with van der Waals surface area (Å²) in [5.74, 6) is 0.759. The third kappa shape index (κ3) is 2.35. The standard InChI is InChI=1S/C11H13BrN2O2/c1-7-4-8(5-7)13-11-6-9(14(15)16)2-3-10(11)12/h2-3,6-8,13H,4-5H2,1H3. The molecule has 0 radical (unpaired) electrons. The van der Waals surface area contributed by atoms with Crippen molar-refractivity contribution in [1.29, 1.82) is 0 Å². The molecule has 1 aliphatic carbocycles. The predicted octanol–water partition coefficient (Wildman–Crippen LogP) is 3.57. The van der Waals surface area contributed by atoms with Gasteiger partial charge in [0.25, 0.3) is 5.69 Å². The smallest absolute Gasteiger partial charge is 0.271 e. The summed E-state index contributed by atoms with van der Waals surface area (Å²) in [5.41, 5.74) is 0.934. The second-order valence-electron chi connectivity index (χ2n) is 4.34. The Morgan fingerprint density at radius 1 is 1.50 bits per heavy atom. The van der Waals surface area contributed by atoms with E-state index in [9.17, 15) is 10.1 Å². The summed E-state index contributed by atoms with van der Waals surface area (Å²) in [4.78, 5) is 10.3. The zero-order chi connectivity index (χ0) is 11.7. The van der Waals surface area contributed by atoms with Gasteiger partial charge in [-0.3, -0.25) is 10.1 Å².